The molecule has 0 amide bonds. The van der Waals surface area contributed by atoms with E-state index < -0.39 is 0 Å². The summed E-state index contributed by atoms with van der Waals surface area (Å²) in [6, 6.07) is 5.91. The molecule has 2 fully saturated rings. The summed E-state index contributed by atoms with van der Waals surface area (Å²) in [5, 5.41) is 0. The standard InChI is InChI=1S/C14H17NO2/c1-10-6-11(9-16)2-5-14(10)15-7-12-3-4-13(8-15)17-12/h2,5-6,9,12-13H,3-4,7-8H2,1H3. The molecule has 2 atom stereocenters. The molecule has 0 saturated carbocycles. The van der Waals surface area contributed by atoms with Crippen molar-refractivity contribution in [2.24, 2.45) is 0 Å². The van der Waals surface area contributed by atoms with Crippen LogP contribution in [0.1, 0.15) is 28.8 Å². The normalized spacial score (nSPS) is 27.2. The van der Waals surface area contributed by atoms with Gasteiger partial charge in [-0.05, 0) is 43.5 Å². The zero-order valence-corrected chi connectivity index (χ0v) is 10.1. The number of benzene rings is 1. The van der Waals surface area contributed by atoms with Crippen LogP contribution < -0.4 is 4.90 Å². The molecule has 2 aliphatic rings. The van der Waals surface area contributed by atoms with Gasteiger partial charge in [0, 0.05) is 24.3 Å². The van der Waals surface area contributed by atoms with Crippen molar-refractivity contribution in [1.29, 1.82) is 0 Å². The van der Waals surface area contributed by atoms with Crippen molar-refractivity contribution in [3.8, 4) is 0 Å². The summed E-state index contributed by atoms with van der Waals surface area (Å²) in [6.45, 7) is 4.04. The molecule has 90 valence electrons. The Labute approximate surface area is 101 Å². The molecule has 1 aromatic rings. The molecule has 17 heavy (non-hydrogen) atoms. The Kier molecular flexibility index (Phi) is 2.63. The van der Waals surface area contributed by atoms with E-state index in [2.05, 4.69) is 17.9 Å². The van der Waals surface area contributed by atoms with E-state index in [1.165, 1.54) is 24.1 Å². The summed E-state index contributed by atoms with van der Waals surface area (Å²) < 4.78 is 5.84. The SMILES string of the molecule is Cc1cc(C=O)ccc1N1CC2CCC(C1)O2. The Balaban J connectivity index is 1.86. The lowest BCUT2D eigenvalue weighted by Crippen LogP contribution is -2.42. The Morgan fingerprint density at radius 2 is 2.00 bits per heavy atom. The van der Waals surface area contributed by atoms with Crippen LogP contribution in [0.25, 0.3) is 0 Å². The van der Waals surface area contributed by atoms with Gasteiger partial charge in [0.05, 0.1) is 12.2 Å². The predicted molar refractivity (Wildman–Crippen MR) is 66.7 cm³/mol. The summed E-state index contributed by atoms with van der Waals surface area (Å²) in [6.07, 6.45) is 4.08. The second-order valence-corrected chi connectivity index (χ2v) is 5.03. The highest BCUT2D eigenvalue weighted by molar-refractivity contribution is 5.77. The molecule has 0 N–H and O–H groups in total. The second kappa shape index (κ2) is 4.15. The van der Waals surface area contributed by atoms with Crippen LogP contribution in [0.2, 0.25) is 0 Å². The van der Waals surface area contributed by atoms with Crippen molar-refractivity contribution in [2.45, 2.75) is 32.0 Å². The Morgan fingerprint density at radius 1 is 1.29 bits per heavy atom. The van der Waals surface area contributed by atoms with Crippen molar-refractivity contribution in [2.75, 3.05) is 18.0 Å². The second-order valence-electron chi connectivity index (χ2n) is 5.03. The fourth-order valence-corrected chi connectivity index (χ4v) is 2.92. The number of rotatable bonds is 2. The number of nitrogens with zero attached hydrogens (tertiary/aromatic N) is 1. The van der Waals surface area contributed by atoms with Gasteiger partial charge in [-0.2, -0.15) is 0 Å². The van der Waals surface area contributed by atoms with Gasteiger partial charge in [-0.3, -0.25) is 4.79 Å². The van der Waals surface area contributed by atoms with Crippen LogP contribution in [-0.2, 0) is 4.74 Å². The average molecular weight is 231 g/mol. The van der Waals surface area contributed by atoms with E-state index in [9.17, 15) is 4.79 Å². The van der Waals surface area contributed by atoms with Gasteiger partial charge in [0.2, 0.25) is 0 Å². The van der Waals surface area contributed by atoms with Gasteiger partial charge in [0.15, 0.2) is 0 Å². The summed E-state index contributed by atoms with van der Waals surface area (Å²) in [4.78, 5) is 13.1. The lowest BCUT2D eigenvalue weighted by Gasteiger charge is -2.34. The third-order valence-electron chi connectivity index (χ3n) is 3.74. The van der Waals surface area contributed by atoms with Crippen molar-refractivity contribution in [3.05, 3.63) is 29.3 Å². The van der Waals surface area contributed by atoms with E-state index in [-0.39, 0.29) is 0 Å². The first-order valence-electron chi connectivity index (χ1n) is 6.22. The maximum atomic E-state index is 10.7. The van der Waals surface area contributed by atoms with Crippen molar-refractivity contribution in [3.63, 3.8) is 0 Å². The van der Waals surface area contributed by atoms with E-state index in [1.807, 2.05) is 12.1 Å². The molecule has 0 spiro atoms. The lowest BCUT2D eigenvalue weighted by atomic mass is 10.1. The van der Waals surface area contributed by atoms with E-state index in [0.717, 1.165) is 24.9 Å². The van der Waals surface area contributed by atoms with Crippen LogP contribution in [0.4, 0.5) is 5.69 Å². The number of hydrogen-bond donors (Lipinski definition) is 0. The largest absolute Gasteiger partial charge is 0.371 e. The van der Waals surface area contributed by atoms with Gasteiger partial charge in [-0.15, -0.1) is 0 Å². The fourth-order valence-electron chi connectivity index (χ4n) is 2.92. The number of aldehydes is 1. The van der Waals surface area contributed by atoms with Gasteiger partial charge >= 0.3 is 0 Å². The highest BCUT2D eigenvalue weighted by Crippen LogP contribution is 2.31. The van der Waals surface area contributed by atoms with Gasteiger partial charge in [-0.25, -0.2) is 0 Å². The van der Waals surface area contributed by atoms with Gasteiger partial charge < -0.3 is 9.64 Å². The molecule has 0 aromatic heterocycles. The Bertz CT molecular complexity index is 432. The van der Waals surface area contributed by atoms with Crippen LogP contribution in [0.3, 0.4) is 0 Å². The summed E-state index contributed by atoms with van der Waals surface area (Å²) in [5.74, 6) is 0. The van der Waals surface area contributed by atoms with Crippen molar-refractivity contribution >= 4 is 12.0 Å². The number of fused-ring (bicyclic) bond motifs is 2. The number of ether oxygens (including phenoxy) is 1. The van der Waals surface area contributed by atoms with E-state index in [1.54, 1.807) is 0 Å². The maximum Gasteiger partial charge on any atom is 0.150 e. The molecule has 3 heteroatoms. The van der Waals surface area contributed by atoms with E-state index in [4.69, 9.17) is 4.74 Å². The number of carbonyl (C=O) groups excluding carboxylic acids is 1. The van der Waals surface area contributed by atoms with Crippen LogP contribution in [0.15, 0.2) is 18.2 Å². The lowest BCUT2D eigenvalue weighted by molar-refractivity contribution is 0.0304. The van der Waals surface area contributed by atoms with Gasteiger partial charge in [0.1, 0.15) is 6.29 Å². The number of morpholine rings is 1. The molecule has 1 aromatic carbocycles. The van der Waals surface area contributed by atoms with Crippen LogP contribution >= 0.6 is 0 Å². The molecule has 2 aliphatic heterocycles. The average Bonchev–Trinajstić information content (AvgIpc) is 2.68. The monoisotopic (exact) mass is 231 g/mol. The molecule has 2 saturated heterocycles. The number of carbonyl (C=O) groups is 1. The molecule has 2 unspecified atom stereocenters. The number of anilines is 1. The minimum Gasteiger partial charge on any atom is -0.371 e. The van der Waals surface area contributed by atoms with Crippen molar-refractivity contribution in [1.82, 2.24) is 0 Å². The summed E-state index contributed by atoms with van der Waals surface area (Å²) in [7, 11) is 0. The van der Waals surface area contributed by atoms with E-state index in [0.29, 0.717) is 12.2 Å². The minimum absolute atomic E-state index is 0.402. The van der Waals surface area contributed by atoms with Gasteiger partial charge in [0.25, 0.3) is 0 Å². The Morgan fingerprint density at radius 3 is 2.59 bits per heavy atom. The molecular weight excluding hydrogens is 214 g/mol. The number of hydrogen-bond acceptors (Lipinski definition) is 3. The fraction of sp³-hybridized carbons (Fsp3) is 0.500. The molecule has 3 rings (SSSR count). The minimum atomic E-state index is 0.402. The summed E-state index contributed by atoms with van der Waals surface area (Å²) >= 11 is 0. The highest BCUT2D eigenvalue weighted by atomic mass is 16.5. The van der Waals surface area contributed by atoms with Crippen LogP contribution in [0.5, 0.6) is 0 Å². The first-order chi connectivity index (χ1) is 8.26. The molecule has 0 aliphatic carbocycles. The third-order valence-corrected chi connectivity index (χ3v) is 3.74. The van der Waals surface area contributed by atoms with E-state index >= 15 is 0 Å². The first-order valence-corrected chi connectivity index (χ1v) is 6.22. The van der Waals surface area contributed by atoms with Crippen LogP contribution in [-0.4, -0.2) is 31.6 Å². The molecule has 2 heterocycles. The molecule has 0 radical (unpaired) electrons. The number of aryl methyl sites for hydroxylation is 1. The van der Waals surface area contributed by atoms with Crippen molar-refractivity contribution < 1.29 is 9.53 Å². The first kappa shape index (κ1) is 10.8. The smallest absolute Gasteiger partial charge is 0.150 e. The molecule has 2 bridgehead atoms. The highest BCUT2D eigenvalue weighted by Gasteiger charge is 2.34. The topological polar surface area (TPSA) is 29.5 Å². The predicted octanol–water partition coefficient (Wildman–Crippen LogP) is 2.18. The maximum absolute atomic E-state index is 10.7. The zero-order valence-electron chi connectivity index (χ0n) is 10.1. The Hall–Kier alpha value is -1.35. The molecular formula is C14H17NO2. The zero-order chi connectivity index (χ0) is 11.8. The quantitative estimate of drug-likeness (QED) is 0.731. The third kappa shape index (κ3) is 1.95. The summed E-state index contributed by atoms with van der Waals surface area (Å²) in [5.41, 5.74) is 3.18. The molecule has 3 nitrogen and oxygen atoms in total. The van der Waals surface area contributed by atoms with Gasteiger partial charge in [-0.1, -0.05) is 0 Å². The van der Waals surface area contributed by atoms with Crippen LogP contribution in [0, 0.1) is 6.92 Å².